The van der Waals surface area contributed by atoms with Crippen molar-refractivity contribution in [1.82, 2.24) is 0 Å². The second kappa shape index (κ2) is 32.2. The van der Waals surface area contributed by atoms with Gasteiger partial charge in [0.05, 0.1) is 73.2 Å². The zero-order chi connectivity index (χ0) is 57.4. The third-order valence-electron chi connectivity index (χ3n) is 14.9. The van der Waals surface area contributed by atoms with Gasteiger partial charge in [-0.2, -0.15) is 0 Å². The van der Waals surface area contributed by atoms with Crippen LogP contribution in [0.3, 0.4) is 0 Å². The summed E-state index contributed by atoms with van der Waals surface area (Å²) in [5.74, 6) is 0.723. The molecule has 11 atom stereocenters. The Labute approximate surface area is 494 Å². The highest BCUT2D eigenvalue weighted by molar-refractivity contribution is 5.27. The highest BCUT2D eigenvalue weighted by atomic mass is 16.7. The lowest BCUT2D eigenvalue weighted by molar-refractivity contribution is -0.365. The Morgan fingerprint density at radius 2 is 0.607 bits per heavy atom. The maximum Gasteiger partial charge on any atom is 0.187 e. The molecule has 8 aromatic rings. The first-order valence-corrected chi connectivity index (χ1v) is 28.9. The molecule has 0 amide bonds. The standard InChI is InChI=1S/C72H76O12/c1-3-43-75-65-66(78-47-56-31-17-7-18-32-56)67(79-48-57-33-19-8-20-34-57)69(80-49-58-35-21-9-22-36-58)70(68(65)81-51-60-39-41-61(73-2)42-40-60)84-72-71(82-50-59-37-23-10-24-38-59)64(77-46-55-29-15-6-16-30-55)63(76-45-54-27-13-5-14-28-54)62(83-72)52-74-44-53-25-11-4-12-26-53/h3-42,62-72H,1,43-52H2,2H3/t62-,63-,64+,65-,66-,67+,68+,69-,70+,71+,72-/m1/s1. The lowest BCUT2D eigenvalue weighted by atomic mass is 9.83. The minimum absolute atomic E-state index is 0.115. The minimum Gasteiger partial charge on any atom is -0.497 e. The number of methoxy groups -OCH3 is 1. The predicted octanol–water partition coefficient (Wildman–Crippen LogP) is 13.0. The summed E-state index contributed by atoms with van der Waals surface area (Å²) in [6.07, 6.45) is -7.94. The first-order valence-electron chi connectivity index (χ1n) is 28.9. The van der Waals surface area contributed by atoms with Crippen molar-refractivity contribution >= 4 is 0 Å². The molecule has 1 aliphatic carbocycles. The second-order valence-electron chi connectivity index (χ2n) is 20.9. The van der Waals surface area contributed by atoms with Crippen molar-refractivity contribution in [3.8, 4) is 5.75 Å². The molecule has 12 nitrogen and oxygen atoms in total. The molecule has 0 aromatic heterocycles. The van der Waals surface area contributed by atoms with Gasteiger partial charge >= 0.3 is 0 Å². The van der Waals surface area contributed by atoms with Crippen LogP contribution in [0.15, 0.2) is 249 Å². The van der Waals surface area contributed by atoms with E-state index in [4.69, 9.17) is 56.8 Å². The Hall–Kier alpha value is -7.14. The van der Waals surface area contributed by atoms with Crippen LogP contribution in [-0.2, 0) is 105 Å². The molecule has 1 saturated carbocycles. The fraction of sp³-hybridized carbons (Fsp3) is 0.306. The molecule has 8 aromatic carbocycles. The van der Waals surface area contributed by atoms with E-state index in [1.54, 1.807) is 13.2 Å². The fourth-order valence-corrected chi connectivity index (χ4v) is 10.6. The van der Waals surface area contributed by atoms with Crippen molar-refractivity contribution in [2.24, 2.45) is 0 Å². The van der Waals surface area contributed by atoms with Gasteiger partial charge in [-0.25, -0.2) is 0 Å². The van der Waals surface area contributed by atoms with Crippen LogP contribution >= 0.6 is 0 Å². The zero-order valence-electron chi connectivity index (χ0n) is 47.6. The van der Waals surface area contributed by atoms with Crippen LogP contribution in [0.1, 0.15) is 44.5 Å². The van der Waals surface area contributed by atoms with Crippen molar-refractivity contribution in [3.63, 3.8) is 0 Å². The van der Waals surface area contributed by atoms with Crippen LogP contribution in [0.4, 0.5) is 0 Å². The Morgan fingerprint density at radius 1 is 0.321 bits per heavy atom. The summed E-state index contributed by atoms with van der Waals surface area (Å²) in [6.45, 7) is 6.20. The van der Waals surface area contributed by atoms with Gasteiger partial charge in [-0.1, -0.05) is 231 Å². The van der Waals surface area contributed by atoms with Crippen LogP contribution in [-0.4, -0.2) is 87.7 Å². The summed E-state index contributed by atoms with van der Waals surface area (Å²) in [6, 6.07) is 78.3. The largest absolute Gasteiger partial charge is 0.497 e. The number of hydrogen-bond donors (Lipinski definition) is 0. The van der Waals surface area contributed by atoms with Crippen molar-refractivity contribution in [3.05, 3.63) is 294 Å². The summed E-state index contributed by atoms with van der Waals surface area (Å²) in [4.78, 5) is 0. The molecule has 0 bridgehead atoms. The topological polar surface area (TPSA) is 111 Å². The molecule has 0 radical (unpaired) electrons. The third kappa shape index (κ3) is 17.3. The molecule has 12 heteroatoms. The van der Waals surface area contributed by atoms with Crippen LogP contribution in [0.2, 0.25) is 0 Å². The lowest BCUT2D eigenvalue weighted by Gasteiger charge is -2.52. The molecule has 0 N–H and O–H groups in total. The Morgan fingerprint density at radius 3 is 0.952 bits per heavy atom. The van der Waals surface area contributed by atoms with Gasteiger partial charge in [-0.3, -0.25) is 0 Å². The Kier molecular flexibility index (Phi) is 23.0. The van der Waals surface area contributed by atoms with Crippen molar-refractivity contribution in [2.75, 3.05) is 20.3 Å². The summed E-state index contributed by atoms with van der Waals surface area (Å²) in [5, 5.41) is 0. The normalized spacial score (nSPS) is 23.2. The van der Waals surface area contributed by atoms with Crippen LogP contribution in [0.25, 0.3) is 0 Å². The van der Waals surface area contributed by atoms with Gasteiger partial charge in [0.2, 0.25) is 0 Å². The van der Waals surface area contributed by atoms with E-state index in [0.29, 0.717) is 6.61 Å². The third-order valence-corrected chi connectivity index (χ3v) is 14.9. The summed E-state index contributed by atoms with van der Waals surface area (Å²) >= 11 is 0. The van der Waals surface area contributed by atoms with Gasteiger partial charge in [0.25, 0.3) is 0 Å². The van der Waals surface area contributed by atoms with Crippen LogP contribution in [0.5, 0.6) is 5.75 Å². The van der Waals surface area contributed by atoms with Crippen LogP contribution < -0.4 is 4.74 Å². The molecule has 2 fully saturated rings. The van der Waals surface area contributed by atoms with Crippen molar-refractivity contribution in [2.45, 2.75) is 120 Å². The molecule has 1 heterocycles. The number of hydrogen-bond acceptors (Lipinski definition) is 12. The highest BCUT2D eigenvalue weighted by Crippen LogP contribution is 2.40. The summed E-state index contributed by atoms with van der Waals surface area (Å²) in [7, 11) is 1.65. The maximum absolute atomic E-state index is 7.81. The van der Waals surface area contributed by atoms with E-state index in [-0.39, 0.29) is 59.5 Å². The smallest absolute Gasteiger partial charge is 0.187 e. The SMILES string of the molecule is C=CCO[C@@H]1[C@@H](OCc2ccccc2)[C@H](OCc2ccccc2)[C@@H](OCc2ccccc2)[C@@H](O[C@H]2O[C@H](COCc3ccccc3)[C@@H](OCc3ccccc3)[C@H](OCc3ccccc3)[C@@H]2OCc2ccccc2)[C@H]1OCc1ccc(OC)cc1. The first kappa shape index (κ1) is 60.0. The Bertz CT molecular complexity index is 3070. The summed E-state index contributed by atoms with van der Waals surface area (Å²) < 4.78 is 85.0. The number of benzene rings is 8. The molecule has 1 saturated heterocycles. The molecule has 1 aliphatic heterocycles. The van der Waals surface area contributed by atoms with Crippen molar-refractivity contribution in [1.29, 1.82) is 0 Å². The monoisotopic (exact) mass is 1130 g/mol. The number of ether oxygens (including phenoxy) is 12. The van der Waals surface area contributed by atoms with Gasteiger partial charge in [-0.15, -0.1) is 6.58 Å². The van der Waals surface area contributed by atoms with Gasteiger partial charge in [0.15, 0.2) is 6.29 Å². The predicted molar refractivity (Wildman–Crippen MR) is 321 cm³/mol. The van der Waals surface area contributed by atoms with Gasteiger partial charge in [0.1, 0.15) is 66.8 Å². The molecule has 0 unspecified atom stereocenters. The summed E-state index contributed by atoms with van der Waals surface area (Å²) in [5.41, 5.74) is 7.68. The van der Waals surface area contributed by atoms with E-state index in [1.165, 1.54) is 0 Å². The van der Waals surface area contributed by atoms with Gasteiger partial charge in [0, 0.05) is 0 Å². The quantitative estimate of drug-likeness (QED) is 0.0386. The fourth-order valence-electron chi connectivity index (χ4n) is 10.6. The van der Waals surface area contributed by atoms with E-state index in [0.717, 1.165) is 50.3 Å². The molecule has 10 rings (SSSR count). The van der Waals surface area contributed by atoms with Gasteiger partial charge in [-0.05, 0) is 56.6 Å². The lowest BCUT2D eigenvalue weighted by Crippen LogP contribution is -2.69. The molecule has 2 aliphatic rings. The maximum atomic E-state index is 7.81. The van der Waals surface area contributed by atoms with E-state index in [2.05, 4.69) is 6.58 Å². The van der Waals surface area contributed by atoms with E-state index < -0.39 is 67.3 Å². The first-order chi connectivity index (χ1) is 41.6. The van der Waals surface area contributed by atoms with E-state index in [1.807, 2.05) is 237 Å². The zero-order valence-corrected chi connectivity index (χ0v) is 47.6. The molecule has 436 valence electrons. The average molecular weight is 1130 g/mol. The average Bonchev–Trinajstić information content (AvgIpc) is 2.51. The molecular weight excluding hydrogens is 1060 g/mol. The molecule has 0 spiro atoms. The number of rotatable bonds is 31. The van der Waals surface area contributed by atoms with Gasteiger partial charge < -0.3 is 56.8 Å². The van der Waals surface area contributed by atoms with E-state index >= 15 is 0 Å². The Balaban J connectivity index is 1.11. The van der Waals surface area contributed by atoms with Crippen LogP contribution in [0, 0.1) is 0 Å². The molecule has 84 heavy (non-hydrogen) atoms. The second-order valence-corrected chi connectivity index (χ2v) is 20.9. The highest BCUT2D eigenvalue weighted by Gasteiger charge is 2.58. The van der Waals surface area contributed by atoms with E-state index in [9.17, 15) is 0 Å². The minimum atomic E-state index is -1.17. The molecular formula is C72H76O12. The van der Waals surface area contributed by atoms with Crippen molar-refractivity contribution < 1.29 is 56.8 Å².